The van der Waals surface area contributed by atoms with Gasteiger partial charge in [0.25, 0.3) is 0 Å². The van der Waals surface area contributed by atoms with Crippen molar-refractivity contribution in [3.05, 3.63) is 65.7 Å². The smallest absolute Gasteiger partial charge is 0.408 e. The van der Waals surface area contributed by atoms with Gasteiger partial charge in [0.05, 0.1) is 18.0 Å². The molecule has 1 spiro atoms. The van der Waals surface area contributed by atoms with Crippen LogP contribution in [0.4, 0.5) is 10.5 Å². The highest BCUT2D eigenvalue weighted by atomic mass is 16.5. The number of nitrogens with zero attached hydrogens (tertiary/aromatic N) is 3. The number of rotatable bonds is 6. The molecule has 2 N–H and O–H groups in total. The van der Waals surface area contributed by atoms with Gasteiger partial charge in [0, 0.05) is 31.6 Å². The molecule has 0 aromatic heterocycles. The molecule has 3 aliphatic heterocycles. The van der Waals surface area contributed by atoms with Crippen molar-refractivity contribution in [2.45, 2.75) is 43.4 Å². The summed E-state index contributed by atoms with van der Waals surface area (Å²) in [7, 11) is 0. The van der Waals surface area contributed by atoms with Crippen LogP contribution in [-0.4, -0.2) is 65.3 Å². The Morgan fingerprint density at radius 1 is 1.16 bits per heavy atom. The summed E-state index contributed by atoms with van der Waals surface area (Å²) < 4.78 is 5.32. The number of nitrogens with one attached hydrogen (secondary N) is 2. The molecular weight excluding hydrogens is 474 g/mol. The van der Waals surface area contributed by atoms with Crippen molar-refractivity contribution in [1.29, 1.82) is 5.26 Å². The van der Waals surface area contributed by atoms with Crippen LogP contribution in [0.1, 0.15) is 30.4 Å². The van der Waals surface area contributed by atoms with Crippen LogP contribution in [0.2, 0.25) is 0 Å². The van der Waals surface area contributed by atoms with Gasteiger partial charge < -0.3 is 25.2 Å². The molecule has 3 atom stereocenters. The predicted molar refractivity (Wildman–Crippen MR) is 132 cm³/mol. The minimum Gasteiger partial charge on any atom is -0.445 e. The average Bonchev–Trinajstić information content (AvgIpc) is 3.59. The number of likely N-dealkylation sites (tertiary alicyclic amines) is 2. The first-order chi connectivity index (χ1) is 17.9. The van der Waals surface area contributed by atoms with E-state index in [1.165, 1.54) is 9.80 Å². The molecule has 5 rings (SSSR count). The molecule has 10 heteroatoms. The van der Waals surface area contributed by atoms with E-state index >= 15 is 0 Å². The van der Waals surface area contributed by atoms with E-state index in [1.54, 1.807) is 6.07 Å². The van der Waals surface area contributed by atoms with Gasteiger partial charge in [-0.15, -0.1) is 0 Å². The number of amides is 4. The summed E-state index contributed by atoms with van der Waals surface area (Å²) in [5.41, 5.74) is 1.15. The first-order valence-corrected chi connectivity index (χ1v) is 12.3. The van der Waals surface area contributed by atoms with E-state index in [4.69, 9.17) is 4.74 Å². The van der Waals surface area contributed by atoms with Crippen molar-refractivity contribution in [3.8, 4) is 6.07 Å². The standard InChI is InChI=1S/C27H27N5O5/c28-14-19-13-27(20-9-4-5-10-21(20)29-25(27)35)17-32(19)24(34)22(15-31-12-6-11-23(31)33)30-26(36)37-16-18-7-2-1-3-8-18/h1-5,7-10,19,22H,6,11-13,15-17H2,(H,29,35)(H,30,36)/t19-,22-,27-/m0/s1. The molecule has 2 aromatic carbocycles. The monoisotopic (exact) mass is 501 g/mol. The van der Waals surface area contributed by atoms with Gasteiger partial charge in [0.15, 0.2) is 0 Å². The minimum absolute atomic E-state index is 0.00189. The number of hydrogen-bond donors (Lipinski definition) is 2. The van der Waals surface area contributed by atoms with Gasteiger partial charge in [0.1, 0.15) is 18.7 Å². The second kappa shape index (κ2) is 9.93. The van der Waals surface area contributed by atoms with E-state index in [0.717, 1.165) is 11.1 Å². The Labute approximate surface area is 214 Å². The maximum absolute atomic E-state index is 13.8. The third-order valence-corrected chi connectivity index (χ3v) is 7.29. The summed E-state index contributed by atoms with van der Waals surface area (Å²) in [6, 6.07) is 16.5. The number of carbonyl (C=O) groups excluding carboxylic acids is 4. The van der Waals surface area contributed by atoms with E-state index in [9.17, 15) is 24.4 Å². The molecule has 0 bridgehead atoms. The maximum Gasteiger partial charge on any atom is 0.408 e. The molecule has 10 nitrogen and oxygen atoms in total. The van der Waals surface area contributed by atoms with Crippen LogP contribution in [0.3, 0.4) is 0 Å². The third-order valence-electron chi connectivity index (χ3n) is 7.29. The maximum atomic E-state index is 13.8. The zero-order valence-electron chi connectivity index (χ0n) is 20.2. The van der Waals surface area contributed by atoms with Crippen molar-refractivity contribution < 1.29 is 23.9 Å². The average molecular weight is 502 g/mol. The summed E-state index contributed by atoms with van der Waals surface area (Å²) in [5.74, 6) is -0.890. The van der Waals surface area contributed by atoms with Crippen LogP contribution in [0, 0.1) is 11.3 Å². The third kappa shape index (κ3) is 4.60. The highest BCUT2D eigenvalue weighted by Crippen LogP contribution is 2.46. The van der Waals surface area contributed by atoms with E-state index in [2.05, 4.69) is 16.7 Å². The molecule has 3 aliphatic rings. The lowest BCUT2D eigenvalue weighted by Crippen LogP contribution is -2.55. The lowest BCUT2D eigenvalue weighted by molar-refractivity contribution is -0.135. The lowest BCUT2D eigenvalue weighted by Gasteiger charge is -2.29. The fraction of sp³-hybridized carbons (Fsp3) is 0.370. The van der Waals surface area contributed by atoms with Gasteiger partial charge in [-0.25, -0.2) is 4.79 Å². The predicted octanol–water partition coefficient (Wildman–Crippen LogP) is 1.92. The largest absolute Gasteiger partial charge is 0.445 e. The summed E-state index contributed by atoms with van der Waals surface area (Å²) >= 11 is 0. The van der Waals surface area contributed by atoms with Crippen LogP contribution in [-0.2, 0) is 31.1 Å². The van der Waals surface area contributed by atoms with Gasteiger partial charge in [-0.3, -0.25) is 14.4 Å². The van der Waals surface area contributed by atoms with E-state index in [-0.39, 0.29) is 37.9 Å². The van der Waals surface area contributed by atoms with E-state index in [1.807, 2.05) is 48.5 Å². The molecule has 3 heterocycles. The second-order valence-electron chi connectivity index (χ2n) is 9.60. The van der Waals surface area contributed by atoms with Crippen LogP contribution in [0.25, 0.3) is 0 Å². The number of hydrogen-bond acceptors (Lipinski definition) is 6. The molecule has 0 radical (unpaired) electrons. The zero-order chi connectivity index (χ0) is 26.0. The lowest BCUT2D eigenvalue weighted by atomic mass is 9.80. The van der Waals surface area contributed by atoms with Gasteiger partial charge in [-0.05, 0) is 23.6 Å². The Morgan fingerprint density at radius 3 is 2.65 bits per heavy atom. The molecule has 2 saturated heterocycles. The molecule has 0 unspecified atom stereocenters. The molecule has 37 heavy (non-hydrogen) atoms. The van der Waals surface area contributed by atoms with Crippen molar-refractivity contribution in [2.24, 2.45) is 0 Å². The molecule has 0 saturated carbocycles. The number of anilines is 1. The number of alkyl carbamates (subject to hydrolysis) is 1. The van der Waals surface area contributed by atoms with Crippen molar-refractivity contribution in [2.75, 3.05) is 25.0 Å². The molecule has 190 valence electrons. The minimum atomic E-state index is -1.13. The Morgan fingerprint density at radius 2 is 1.92 bits per heavy atom. The quantitative estimate of drug-likeness (QED) is 0.622. The number of benzene rings is 2. The van der Waals surface area contributed by atoms with E-state index in [0.29, 0.717) is 25.1 Å². The Balaban J connectivity index is 1.36. The van der Waals surface area contributed by atoms with Crippen LogP contribution < -0.4 is 10.6 Å². The van der Waals surface area contributed by atoms with Gasteiger partial charge in [-0.2, -0.15) is 5.26 Å². The number of para-hydroxylation sites is 1. The highest BCUT2D eigenvalue weighted by molar-refractivity contribution is 6.07. The van der Waals surface area contributed by atoms with Crippen molar-refractivity contribution >= 4 is 29.5 Å². The topological polar surface area (TPSA) is 132 Å². The van der Waals surface area contributed by atoms with Gasteiger partial charge in [0.2, 0.25) is 17.7 Å². The first-order valence-electron chi connectivity index (χ1n) is 12.3. The van der Waals surface area contributed by atoms with Crippen LogP contribution >= 0.6 is 0 Å². The summed E-state index contributed by atoms with van der Waals surface area (Å²) in [6.45, 7) is 0.451. The van der Waals surface area contributed by atoms with Crippen LogP contribution in [0.15, 0.2) is 54.6 Å². The van der Waals surface area contributed by atoms with Crippen molar-refractivity contribution in [3.63, 3.8) is 0 Å². The summed E-state index contributed by atoms with van der Waals surface area (Å²) in [6.07, 6.45) is 0.388. The second-order valence-corrected chi connectivity index (χ2v) is 9.60. The molecule has 2 aromatic rings. The normalized spacial score (nSPS) is 22.9. The van der Waals surface area contributed by atoms with Crippen LogP contribution in [0.5, 0.6) is 0 Å². The fourth-order valence-electron chi connectivity index (χ4n) is 5.40. The zero-order valence-corrected chi connectivity index (χ0v) is 20.2. The summed E-state index contributed by atoms with van der Waals surface area (Å²) in [5, 5.41) is 15.4. The number of fused-ring (bicyclic) bond motifs is 2. The van der Waals surface area contributed by atoms with E-state index < -0.39 is 29.5 Å². The SMILES string of the molecule is N#C[C@@H]1C[C@@]2(CN1C(=O)[C@H](CN1CCCC1=O)NC(=O)OCc1ccccc1)C(=O)Nc1ccccc12. The van der Waals surface area contributed by atoms with Gasteiger partial charge >= 0.3 is 6.09 Å². The van der Waals surface area contributed by atoms with Gasteiger partial charge in [-0.1, -0.05) is 48.5 Å². The number of carbonyl (C=O) groups is 4. The number of ether oxygens (including phenoxy) is 1. The van der Waals surface area contributed by atoms with Crippen molar-refractivity contribution in [1.82, 2.24) is 15.1 Å². The molecule has 2 fully saturated rings. The molecule has 0 aliphatic carbocycles. The Hall–Kier alpha value is -4.39. The Bertz CT molecular complexity index is 1280. The molecular formula is C27H27N5O5. The first kappa shape index (κ1) is 24.3. The molecule has 4 amide bonds. The highest BCUT2D eigenvalue weighted by Gasteiger charge is 2.56. The number of nitriles is 1. The Kier molecular flexibility index (Phi) is 6.53. The fourth-order valence-corrected chi connectivity index (χ4v) is 5.40. The summed E-state index contributed by atoms with van der Waals surface area (Å²) in [4.78, 5) is 54.8.